The van der Waals surface area contributed by atoms with Gasteiger partial charge in [0.2, 0.25) is 0 Å². The van der Waals surface area contributed by atoms with E-state index in [2.05, 4.69) is 30.8 Å². The minimum absolute atomic E-state index is 0.0560. The van der Waals surface area contributed by atoms with Gasteiger partial charge in [0.15, 0.2) is 5.82 Å². The van der Waals surface area contributed by atoms with E-state index in [0.717, 1.165) is 24.3 Å². The Labute approximate surface area is 230 Å². The number of hydrogen-bond acceptors (Lipinski definition) is 5. The summed E-state index contributed by atoms with van der Waals surface area (Å²) < 4.78 is 86.2. The Morgan fingerprint density at radius 1 is 0.976 bits per heavy atom. The number of halogens is 6. The molecule has 0 saturated carbocycles. The molecule has 4 rings (SSSR count). The van der Waals surface area contributed by atoms with E-state index in [1.807, 2.05) is 0 Å². The summed E-state index contributed by atoms with van der Waals surface area (Å²) >= 11 is 0. The van der Waals surface area contributed by atoms with E-state index < -0.39 is 41.5 Å². The summed E-state index contributed by atoms with van der Waals surface area (Å²) in [6, 6.07) is 15.1. The van der Waals surface area contributed by atoms with Crippen LogP contribution in [0.4, 0.5) is 31.1 Å². The number of benzene rings is 3. The number of ether oxygens (including phenoxy) is 1. The molecule has 0 radical (unpaired) electrons. The zero-order valence-electron chi connectivity index (χ0n) is 21.5. The van der Waals surface area contributed by atoms with Crippen molar-refractivity contribution in [1.82, 2.24) is 30.8 Å². The molecule has 1 heterocycles. The molecule has 2 amide bonds. The maximum atomic E-state index is 14.9. The Morgan fingerprint density at radius 3 is 2.32 bits per heavy atom. The predicted octanol–water partition coefficient (Wildman–Crippen LogP) is 4.75. The minimum atomic E-state index is -4.91. The number of carbonyl (C=O) groups is 1. The number of aromatic nitrogens is 4. The number of tetrazole rings is 1. The third-order valence-corrected chi connectivity index (χ3v) is 6.03. The molecule has 0 saturated heterocycles. The monoisotopic (exact) mass is 578 g/mol. The number of alkyl halides is 4. The summed E-state index contributed by atoms with van der Waals surface area (Å²) in [6.07, 6.45) is -8.97. The van der Waals surface area contributed by atoms with Crippen molar-refractivity contribution in [2.24, 2.45) is 7.05 Å². The Kier molecular flexibility index (Phi) is 8.79. The Morgan fingerprint density at radius 2 is 1.68 bits per heavy atom. The van der Waals surface area contributed by atoms with Gasteiger partial charge in [0, 0.05) is 25.5 Å². The highest BCUT2D eigenvalue weighted by Gasteiger charge is 2.45. The molecule has 1 atom stereocenters. The van der Waals surface area contributed by atoms with Crippen molar-refractivity contribution in [3.63, 3.8) is 0 Å². The molecular weight excluding hydrogens is 554 g/mol. The molecular formula is C27H24F6N6O2. The molecule has 2 N–H and O–H groups in total. The molecule has 0 bridgehead atoms. The number of rotatable bonds is 11. The predicted molar refractivity (Wildman–Crippen MR) is 134 cm³/mol. The van der Waals surface area contributed by atoms with Crippen LogP contribution in [0.3, 0.4) is 0 Å². The average molecular weight is 579 g/mol. The molecule has 41 heavy (non-hydrogen) atoms. The summed E-state index contributed by atoms with van der Waals surface area (Å²) in [5.41, 5.74) is -0.987. The fourth-order valence-corrected chi connectivity index (χ4v) is 4.21. The van der Waals surface area contributed by atoms with Crippen LogP contribution in [-0.2, 0) is 25.4 Å². The van der Waals surface area contributed by atoms with Crippen LogP contribution < -0.4 is 15.4 Å². The molecule has 4 aromatic rings. The zero-order valence-corrected chi connectivity index (χ0v) is 21.5. The first-order valence-corrected chi connectivity index (χ1v) is 12.2. The van der Waals surface area contributed by atoms with Gasteiger partial charge in [-0.2, -0.15) is 22.4 Å². The number of nitrogens with zero attached hydrogens (tertiary/aromatic N) is 4. The van der Waals surface area contributed by atoms with E-state index in [9.17, 15) is 31.1 Å². The van der Waals surface area contributed by atoms with Gasteiger partial charge in [0.1, 0.15) is 17.4 Å². The first kappa shape index (κ1) is 29.4. The molecule has 8 nitrogen and oxygen atoms in total. The highest BCUT2D eigenvalue weighted by Crippen LogP contribution is 2.37. The second-order valence-corrected chi connectivity index (χ2v) is 9.04. The van der Waals surface area contributed by atoms with Crippen molar-refractivity contribution in [3.05, 3.63) is 107 Å². The standard InChI is InChI=1S/C27H24F6N6O2/c1-39-37-23(36-38-39)11-12-34-25(40)35-26(16-17-5-3-2-4-6-17,18-7-9-20(28)10-8-18)19-13-21(29)15-22(14-19)41-27(32,33)24(30)31/h2-10,13-15,24H,11-12,16H2,1H3,(H2,34,35,40). The van der Waals surface area contributed by atoms with Gasteiger partial charge in [-0.1, -0.05) is 42.5 Å². The van der Waals surface area contributed by atoms with E-state index in [1.54, 1.807) is 37.4 Å². The van der Waals surface area contributed by atoms with E-state index in [-0.39, 0.29) is 30.5 Å². The third-order valence-electron chi connectivity index (χ3n) is 6.03. The van der Waals surface area contributed by atoms with Gasteiger partial charge in [-0.05, 0) is 46.2 Å². The van der Waals surface area contributed by atoms with Crippen LogP contribution in [0.1, 0.15) is 22.5 Å². The molecule has 0 spiro atoms. The van der Waals surface area contributed by atoms with Crippen LogP contribution >= 0.6 is 0 Å². The molecule has 1 unspecified atom stereocenters. The Hall–Kier alpha value is -4.62. The number of amides is 2. The number of carbonyl (C=O) groups excluding carboxylic acids is 1. The lowest BCUT2D eigenvalue weighted by Gasteiger charge is -2.37. The average Bonchev–Trinajstić information content (AvgIpc) is 3.33. The normalized spacial score (nSPS) is 13.1. The van der Waals surface area contributed by atoms with E-state index in [1.165, 1.54) is 16.9 Å². The van der Waals surface area contributed by atoms with Gasteiger partial charge in [0.25, 0.3) is 0 Å². The van der Waals surface area contributed by atoms with Crippen LogP contribution in [0.5, 0.6) is 5.75 Å². The van der Waals surface area contributed by atoms with Gasteiger partial charge < -0.3 is 15.4 Å². The Balaban J connectivity index is 1.78. The smallest absolute Gasteiger partial charge is 0.428 e. The summed E-state index contributed by atoms with van der Waals surface area (Å²) in [6.45, 7) is 0.0560. The van der Waals surface area contributed by atoms with Crippen molar-refractivity contribution in [1.29, 1.82) is 0 Å². The molecule has 0 aliphatic rings. The molecule has 216 valence electrons. The van der Waals surface area contributed by atoms with Gasteiger partial charge in [-0.15, -0.1) is 10.2 Å². The first-order chi connectivity index (χ1) is 19.5. The fraction of sp³-hybridized carbons (Fsp3) is 0.259. The van der Waals surface area contributed by atoms with Gasteiger partial charge in [-0.3, -0.25) is 0 Å². The van der Waals surface area contributed by atoms with E-state index >= 15 is 0 Å². The molecule has 0 aliphatic heterocycles. The number of urea groups is 1. The summed E-state index contributed by atoms with van der Waals surface area (Å²) in [4.78, 5) is 14.5. The molecule has 1 aromatic heterocycles. The second kappa shape index (κ2) is 12.3. The van der Waals surface area contributed by atoms with Crippen LogP contribution in [0, 0.1) is 11.6 Å². The summed E-state index contributed by atoms with van der Waals surface area (Å²) in [7, 11) is 1.57. The topological polar surface area (TPSA) is 94.0 Å². The second-order valence-electron chi connectivity index (χ2n) is 9.04. The van der Waals surface area contributed by atoms with Crippen molar-refractivity contribution in [3.8, 4) is 5.75 Å². The quantitative estimate of drug-likeness (QED) is 0.251. The number of hydrogen-bond donors (Lipinski definition) is 2. The van der Waals surface area contributed by atoms with Crippen LogP contribution in [0.2, 0.25) is 0 Å². The summed E-state index contributed by atoms with van der Waals surface area (Å²) in [5.74, 6) is -2.25. The summed E-state index contributed by atoms with van der Waals surface area (Å²) in [5, 5.41) is 17.0. The maximum Gasteiger partial charge on any atom is 0.461 e. The molecule has 0 fully saturated rings. The van der Waals surface area contributed by atoms with Crippen molar-refractivity contribution in [2.45, 2.75) is 30.9 Å². The van der Waals surface area contributed by atoms with Gasteiger partial charge in [0.05, 0.1) is 12.6 Å². The lowest BCUT2D eigenvalue weighted by atomic mass is 9.77. The van der Waals surface area contributed by atoms with Crippen molar-refractivity contribution < 1.29 is 35.9 Å². The van der Waals surface area contributed by atoms with Crippen molar-refractivity contribution >= 4 is 6.03 Å². The largest absolute Gasteiger partial charge is 0.461 e. The number of aryl methyl sites for hydroxylation is 1. The SMILES string of the molecule is Cn1nnc(CCNC(=O)NC(Cc2ccccc2)(c2ccc(F)cc2)c2cc(F)cc(OC(F)(F)C(F)F)c2)n1. The molecule has 3 aromatic carbocycles. The lowest BCUT2D eigenvalue weighted by Crippen LogP contribution is -2.52. The van der Waals surface area contributed by atoms with Crippen LogP contribution in [0.25, 0.3) is 0 Å². The minimum Gasteiger partial charge on any atom is -0.428 e. The zero-order chi connectivity index (χ0) is 29.6. The molecule has 14 heteroatoms. The maximum absolute atomic E-state index is 14.9. The van der Waals surface area contributed by atoms with Crippen molar-refractivity contribution in [2.75, 3.05) is 6.54 Å². The fourth-order valence-electron chi connectivity index (χ4n) is 4.21. The van der Waals surface area contributed by atoms with Gasteiger partial charge >= 0.3 is 18.6 Å². The van der Waals surface area contributed by atoms with E-state index in [0.29, 0.717) is 17.5 Å². The highest BCUT2D eigenvalue weighted by atomic mass is 19.3. The van der Waals surface area contributed by atoms with Gasteiger partial charge in [-0.25, -0.2) is 13.6 Å². The van der Waals surface area contributed by atoms with Crippen LogP contribution in [0.15, 0.2) is 72.8 Å². The highest BCUT2D eigenvalue weighted by molar-refractivity contribution is 5.76. The lowest BCUT2D eigenvalue weighted by molar-refractivity contribution is -0.253. The molecule has 0 aliphatic carbocycles. The Bertz CT molecular complexity index is 1470. The first-order valence-electron chi connectivity index (χ1n) is 12.2. The van der Waals surface area contributed by atoms with Crippen LogP contribution in [-0.4, -0.2) is 45.3 Å². The third kappa shape index (κ3) is 7.32. The number of nitrogens with one attached hydrogen (secondary N) is 2. The van der Waals surface area contributed by atoms with E-state index in [4.69, 9.17) is 0 Å².